The van der Waals surface area contributed by atoms with E-state index in [1.54, 1.807) is 0 Å². The molecule has 0 saturated carbocycles. The summed E-state index contributed by atoms with van der Waals surface area (Å²) in [7, 11) is 0. The van der Waals surface area contributed by atoms with Crippen LogP contribution in [0.2, 0.25) is 5.02 Å². The average molecular weight is 346 g/mol. The maximum Gasteiger partial charge on any atom is 0.230 e. The number of carbonyl (C=O) groups is 1. The third-order valence-corrected chi connectivity index (χ3v) is 4.67. The molecule has 0 spiro atoms. The number of hydrogen-bond donors (Lipinski definition) is 2. The van der Waals surface area contributed by atoms with Gasteiger partial charge in [-0.05, 0) is 30.7 Å². The minimum Gasteiger partial charge on any atom is -0.349 e. The summed E-state index contributed by atoms with van der Waals surface area (Å²) in [6.07, 6.45) is 0. The summed E-state index contributed by atoms with van der Waals surface area (Å²) in [5.74, 6) is 0.247. The first-order valence-corrected chi connectivity index (χ1v) is 8.61. The van der Waals surface area contributed by atoms with Crippen molar-refractivity contribution in [3.8, 4) is 0 Å². The van der Waals surface area contributed by atoms with E-state index >= 15 is 0 Å². The molecule has 0 unspecified atom stereocenters. The largest absolute Gasteiger partial charge is 0.349 e. The lowest BCUT2D eigenvalue weighted by atomic mass is 10.1. The van der Waals surface area contributed by atoms with E-state index in [1.165, 1.54) is 11.8 Å². The minimum absolute atomic E-state index is 0.0529. The molecule has 3 aromatic rings. The molecule has 1 aromatic heterocycles. The second-order valence-electron chi connectivity index (χ2n) is 5.16. The Hall–Kier alpha value is -1.98. The predicted molar refractivity (Wildman–Crippen MR) is 94.8 cm³/mol. The van der Waals surface area contributed by atoms with Crippen molar-refractivity contribution in [2.24, 2.45) is 0 Å². The Morgan fingerprint density at radius 2 is 2.00 bits per heavy atom. The zero-order valence-electron chi connectivity index (χ0n) is 12.5. The van der Waals surface area contributed by atoms with Gasteiger partial charge in [0.25, 0.3) is 0 Å². The standard InChI is InChI=1S/C17H16ClN3OS/c1-11(12-6-2-3-7-13(12)18)19-16(22)10-23-17-20-14-8-4-5-9-15(14)21-17/h2-9,11H,10H2,1H3,(H,19,22)(H,20,21)/t11-/m0/s1. The number of hydrogen-bond acceptors (Lipinski definition) is 3. The second-order valence-corrected chi connectivity index (χ2v) is 6.53. The van der Waals surface area contributed by atoms with Gasteiger partial charge in [-0.15, -0.1) is 0 Å². The molecular weight excluding hydrogens is 330 g/mol. The molecule has 0 fully saturated rings. The third kappa shape index (κ3) is 3.86. The predicted octanol–water partition coefficient (Wildman–Crippen LogP) is 4.19. The van der Waals surface area contributed by atoms with Crippen molar-refractivity contribution in [2.75, 3.05) is 5.75 Å². The number of nitrogens with one attached hydrogen (secondary N) is 2. The highest BCUT2D eigenvalue weighted by Crippen LogP contribution is 2.23. The first-order chi connectivity index (χ1) is 11.1. The van der Waals surface area contributed by atoms with Crippen LogP contribution in [0.1, 0.15) is 18.5 Å². The molecule has 0 saturated heterocycles. The lowest BCUT2D eigenvalue weighted by Gasteiger charge is -2.15. The number of amides is 1. The Morgan fingerprint density at radius 3 is 2.78 bits per heavy atom. The number of thioether (sulfide) groups is 1. The molecule has 3 rings (SSSR count). The van der Waals surface area contributed by atoms with Crippen molar-refractivity contribution in [1.29, 1.82) is 0 Å². The van der Waals surface area contributed by atoms with Crippen LogP contribution >= 0.6 is 23.4 Å². The molecule has 6 heteroatoms. The summed E-state index contributed by atoms with van der Waals surface area (Å²) < 4.78 is 0. The Balaban J connectivity index is 1.58. The number of imidazole rings is 1. The summed E-state index contributed by atoms with van der Waals surface area (Å²) in [4.78, 5) is 19.7. The fourth-order valence-electron chi connectivity index (χ4n) is 2.32. The molecule has 1 atom stereocenters. The summed E-state index contributed by atoms with van der Waals surface area (Å²) >= 11 is 7.53. The number of rotatable bonds is 5. The summed E-state index contributed by atoms with van der Waals surface area (Å²) in [5, 5.41) is 4.36. The smallest absolute Gasteiger partial charge is 0.230 e. The van der Waals surface area contributed by atoms with Crippen molar-refractivity contribution in [1.82, 2.24) is 15.3 Å². The van der Waals surface area contributed by atoms with Crippen LogP contribution in [0.25, 0.3) is 11.0 Å². The molecule has 0 aliphatic heterocycles. The zero-order chi connectivity index (χ0) is 16.2. The number of aromatic amines is 1. The zero-order valence-corrected chi connectivity index (χ0v) is 14.1. The number of H-pyrrole nitrogens is 1. The Labute approximate surface area is 143 Å². The van der Waals surface area contributed by atoms with Crippen molar-refractivity contribution < 1.29 is 4.79 Å². The van der Waals surface area contributed by atoms with Gasteiger partial charge in [0.05, 0.1) is 22.8 Å². The number of para-hydroxylation sites is 2. The molecule has 0 aliphatic rings. The number of nitrogens with zero attached hydrogens (tertiary/aromatic N) is 1. The first-order valence-electron chi connectivity index (χ1n) is 7.25. The molecule has 0 aliphatic carbocycles. The topological polar surface area (TPSA) is 57.8 Å². The Kier molecular flexibility index (Phi) is 4.88. The third-order valence-electron chi connectivity index (χ3n) is 3.46. The molecule has 2 aromatic carbocycles. The van der Waals surface area contributed by atoms with Crippen LogP contribution in [0.5, 0.6) is 0 Å². The van der Waals surface area contributed by atoms with Crippen LogP contribution in [-0.4, -0.2) is 21.6 Å². The molecule has 23 heavy (non-hydrogen) atoms. The van der Waals surface area contributed by atoms with Crippen LogP contribution in [0.3, 0.4) is 0 Å². The van der Waals surface area contributed by atoms with Gasteiger partial charge in [-0.2, -0.15) is 0 Å². The quantitative estimate of drug-likeness (QED) is 0.682. The lowest BCUT2D eigenvalue weighted by molar-refractivity contribution is -0.119. The van der Waals surface area contributed by atoms with E-state index in [0.29, 0.717) is 10.8 Å². The highest BCUT2D eigenvalue weighted by Gasteiger charge is 2.13. The number of halogens is 1. The van der Waals surface area contributed by atoms with Gasteiger partial charge in [-0.1, -0.05) is 53.7 Å². The summed E-state index contributed by atoms with van der Waals surface area (Å²) in [6, 6.07) is 15.2. The van der Waals surface area contributed by atoms with Crippen LogP contribution in [0.15, 0.2) is 53.7 Å². The fourth-order valence-corrected chi connectivity index (χ4v) is 3.31. The molecule has 1 heterocycles. The van der Waals surface area contributed by atoms with E-state index < -0.39 is 0 Å². The van der Waals surface area contributed by atoms with Gasteiger partial charge in [0.15, 0.2) is 5.16 Å². The van der Waals surface area contributed by atoms with Gasteiger partial charge in [0.2, 0.25) is 5.91 Å². The number of benzene rings is 2. The second kappa shape index (κ2) is 7.06. The van der Waals surface area contributed by atoms with E-state index in [4.69, 9.17) is 11.6 Å². The van der Waals surface area contributed by atoms with E-state index in [9.17, 15) is 4.79 Å². The summed E-state index contributed by atoms with van der Waals surface area (Å²) in [6.45, 7) is 1.92. The van der Waals surface area contributed by atoms with Gasteiger partial charge in [0, 0.05) is 5.02 Å². The normalized spacial score (nSPS) is 12.3. The van der Waals surface area contributed by atoms with Crippen LogP contribution in [-0.2, 0) is 4.79 Å². The number of carbonyl (C=O) groups excluding carboxylic acids is 1. The van der Waals surface area contributed by atoms with Gasteiger partial charge in [-0.3, -0.25) is 4.79 Å². The van der Waals surface area contributed by atoms with Crippen molar-refractivity contribution in [3.63, 3.8) is 0 Å². The molecular formula is C17H16ClN3OS. The molecule has 118 valence electrons. The Bertz CT molecular complexity index is 800. The average Bonchev–Trinajstić information content (AvgIpc) is 2.96. The van der Waals surface area contributed by atoms with Crippen molar-refractivity contribution >= 4 is 40.3 Å². The number of aromatic nitrogens is 2. The van der Waals surface area contributed by atoms with Gasteiger partial charge in [-0.25, -0.2) is 4.98 Å². The van der Waals surface area contributed by atoms with E-state index in [2.05, 4.69) is 15.3 Å². The van der Waals surface area contributed by atoms with E-state index in [0.717, 1.165) is 21.8 Å². The lowest BCUT2D eigenvalue weighted by Crippen LogP contribution is -2.28. The molecule has 0 radical (unpaired) electrons. The highest BCUT2D eigenvalue weighted by atomic mass is 35.5. The van der Waals surface area contributed by atoms with Gasteiger partial charge < -0.3 is 10.3 Å². The van der Waals surface area contributed by atoms with Crippen LogP contribution in [0, 0.1) is 0 Å². The van der Waals surface area contributed by atoms with Crippen LogP contribution in [0.4, 0.5) is 0 Å². The van der Waals surface area contributed by atoms with Crippen molar-refractivity contribution in [2.45, 2.75) is 18.1 Å². The first kappa shape index (κ1) is 15.9. The molecule has 2 N–H and O–H groups in total. The fraction of sp³-hybridized carbons (Fsp3) is 0.176. The van der Waals surface area contributed by atoms with Crippen LogP contribution < -0.4 is 5.32 Å². The maximum absolute atomic E-state index is 12.1. The van der Waals surface area contributed by atoms with Gasteiger partial charge >= 0.3 is 0 Å². The maximum atomic E-state index is 12.1. The summed E-state index contributed by atoms with van der Waals surface area (Å²) in [5.41, 5.74) is 2.79. The van der Waals surface area contributed by atoms with Gasteiger partial charge in [0.1, 0.15) is 0 Å². The monoisotopic (exact) mass is 345 g/mol. The van der Waals surface area contributed by atoms with Crippen molar-refractivity contribution in [3.05, 3.63) is 59.1 Å². The van der Waals surface area contributed by atoms with E-state index in [1.807, 2.05) is 55.5 Å². The molecule has 0 bridgehead atoms. The molecule has 1 amide bonds. The molecule has 4 nitrogen and oxygen atoms in total. The number of fused-ring (bicyclic) bond motifs is 1. The SMILES string of the molecule is C[C@H](NC(=O)CSc1nc2ccccc2[nH]1)c1ccccc1Cl. The highest BCUT2D eigenvalue weighted by molar-refractivity contribution is 7.99. The van der Waals surface area contributed by atoms with E-state index in [-0.39, 0.29) is 11.9 Å². The minimum atomic E-state index is -0.132. The Morgan fingerprint density at radius 1 is 1.26 bits per heavy atom.